The lowest BCUT2D eigenvalue weighted by atomic mass is 10.1. The highest BCUT2D eigenvalue weighted by Gasteiger charge is 2.38. The van der Waals surface area contributed by atoms with Crippen molar-refractivity contribution in [2.75, 3.05) is 0 Å². The van der Waals surface area contributed by atoms with Gasteiger partial charge in [-0.15, -0.1) is 11.3 Å². The van der Waals surface area contributed by atoms with E-state index in [9.17, 15) is 18.0 Å². The number of halogens is 3. The Morgan fingerprint density at radius 1 is 1.37 bits per heavy atom. The third kappa shape index (κ3) is 2.53. The van der Waals surface area contributed by atoms with Crippen LogP contribution >= 0.6 is 11.3 Å². The lowest BCUT2D eigenvalue weighted by Gasteiger charge is -2.17. The van der Waals surface area contributed by atoms with Crippen molar-refractivity contribution >= 4 is 17.6 Å². The monoisotopic (exact) mass is 289 g/mol. The minimum atomic E-state index is -4.53. The zero-order valence-electron chi connectivity index (χ0n) is 10.1. The second kappa shape index (κ2) is 4.44. The number of carbonyl (C=O) groups excluding carboxylic acids is 1. The number of carbonyl (C=O) groups is 1. The average Bonchev–Trinajstić information content (AvgIpc) is 2.96. The molecule has 0 radical (unpaired) electrons. The Labute approximate surface area is 110 Å². The van der Waals surface area contributed by atoms with Crippen molar-refractivity contribution in [2.24, 2.45) is 0 Å². The van der Waals surface area contributed by atoms with Gasteiger partial charge < -0.3 is 4.79 Å². The van der Waals surface area contributed by atoms with E-state index in [4.69, 9.17) is 0 Å². The average molecular weight is 289 g/mol. The van der Waals surface area contributed by atoms with Gasteiger partial charge >= 0.3 is 6.18 Å². The molecule has 8 heteroatoms. The van der Waals surface area contributed by atoms with Crippen LogP contribution in [0.2, 0.25) is 0 Å². The molecule has 2 heterocycles. The molecule has 0 bridgehead atoms. The quantitative estimate of drug-likeness (QED) is 0.816. The first-order valence-electron chi connectivity index (χ1n) is 5.28. The molecule has 0 aliphatic carbocycles. The molecule has 0 aromatic carbocycles. The Hall–Kier alpha value is -1.70. The molecule has 0 saturated heterocycles. The third-order valence-electron chi connectivity index (χ3n) is 2.56. The second-order valence-electron chi connectivity index (χ2n) is 4.47. The SMILES string of the molecule is CC(C)(C=O)n1cc(C(F)(F)F)c(-c2cncs2)n1. The minimum Gasteiger partial charge on any atom is -0.301 e. The molecule has 0 unspecified atom stereocenters. The van der Waals surface area contributed by atoms with Gasteiger partial charge in [0.1, 0.15) is 23.1 Å². The van der Waals surface area contributed by atoms with Crippen LogP contribution in [0.15, 0.2) is 17.9 Å². The normalized spacial score (nSPS) is 12.7. The Morgan fingerprint density at radius 3 is 2.53 bits per heavy atom. The highest BCUT2D eigenvalue weighted by Crippen LogP contribution is 2.38. The summed E-state index contributed by atoms with van der Waals surface area (Å²) in [7, 11) is 0. The summed E-state index contributed by atoms with van der Waals surface area (Å²) >= 11 is 1.06. The Balaban J connectivity index is 2.62. The number of hydrogen-bond donors (Lipinski definition) is 0. The second-order valence-corrected chi connectivity index (χ2v) is 5.36. The molecule has 0 atom stereocenters. The zero-order valence-corrected chi connectivity index (χ0v) is 10.9. The molecule has 102 valence electrons. The van der Waals surface area contributed by atoms with Gasteiger partial charge in [-0.05, 0) is 13.8 Å². The van der Waals surface area contributed by atoms with Crippen molar-refractivity contribution in [2.45, 2.75) is 25.6 Å². The highest BCUT2D eigenvalue weighted by molar-refractivity contribution is 7.13. The van der Waals surface area contributed by atoms with E-state index < -0.39 is 17.3 Å². The lowest BCUT2D eigenvalue weighted by Crippen LogP contribution is -2.28. The molecular weight excluding hydrogens is 279 g/mol. The number of hydrogen-bond acceptors (Lipinski definition) is 4. The van der Waals surface area contributed by atoms with E-state index >= 15 is 0 Å². The van der Waals surface area contributed by atoms with E-state index in [1.807, 2.05) is 0 Å². The van der Waals surface area contributed by atoms with Crippen LogP contribution < -0.4 is 0 Å². The largest absolute Gasteiger partial charge is 0.420 e. The summed E-state index contributed by atoms with van der Waals surface area (Å²) < 4.78 is 40.0. The number of aldehydes is 1. The third-order valence-corrected chi connectivity index (χ3v) is 3.34. The van der Waals surface area contributed by atoms with Gasteiger partial charge in [-0.2, -0.15) is 18.3 Å². The first-order chi connectivity index (χ1) is 8.75. The van der Waals surface area contributed by atoms with Crippen molar-refractivity contribution in [3.05, 3.63) is 23.5 Å². The molecule has 0 spiro atoms. The van der Waals surface area contributed by atoms with Crippen molar-refractivity contribution in [3.63, 3.8) is 0 Å². The number of alkyl halides is 3. The zero-order chi connectivity index (χ0) is 14.3. The summed E-state index contributed by atoms with van der Waals surface area (Å²) in [6.45, 7) is 2.98. The maximum absolute atomic E-state index is 13.0. The van der Waals surface area contributed by atoms with Crippen LogP contribution in [0.25, 0.3) is 10.6 Å². The van der Waals surface area contributed by atoms with E-state index in [2.05, 4.69) is 10.1 Å². The van der Waals surface area contributed by atoms with E-state index in [-0.39, 0.29) is 5.69 Å². The molecular formula is C11H10F3N3OS. The predicted molar refractivity (Wildman–Crippen MR) is 63.7 cm³/mol. The molecule has 2 rings (SSSR count). The van der Waals surface area contributed by atoms with Gasteiger partial charge in [-0.3, -0.25) is 9.67 Å². The molecule has 19 heavy (non-hydrogen) atoms. The number of aromatic nitrogens is 3. The Bertz CT molecular complexity index is 587. The highest BCUT2D eigenvalue weighted by atomic mass is 32.1. The minimum absolute atomic E-state index is 0.204. The van der Waals surface area contributed by atoms with E-state index in [0.29, 0.717) is 11.2 Å². The number of rotatable bonds is 3. The molecule has 2 aromatic rings. The smallest absolute Gasteiger partial charge is 0.301 e. The summed E-state index contributed by atoms with van der Waals surface area (Å²) in [5, 5.41) is 3.90. The van der Waals surface area contributed by atoms with E-state index in [1.54, 1.807) is 0 Å². The molecule has 0 amide bonds. The van der Waals surface area contributed by atoms with Gasteiger partial charge in [-0.25, -0.2) is 0 Å². The van der Waals surface area contributed by atoms with Gasteiger partial charge in [0.25, 0.3) is 0 Å². The maximum Gasteiger partial charge on any atom is 0.420 e. The Morgan fingerprint density at radius 2 is 2.05 bits per heavy atom. The molecule has 0 N–H and O–H groups in total. The fourth-order valence-corrected chi connectivity index (χ4v) is 2.06. The molecule has 0 aliphatic heterocycles. The van der Waals surface area contributed by atoms with Crippen LogP contribution in [0.4, 0.5) is 13.2 Å². The molecule has 0 fully saturated rings. The van der Waals surface area contributed by atoms with Crippen LogP contribution in [0.3, 0.4) is 0 Å². The molecule has 4 nitrogen and oxygen atoms in total. The molecule has 0 saturated carbocycles. The van der Waals surface area contributed by atoms with E-state index in [1.165, 1.54) is 25.6 Å². The standard InChI is InChI=1S/C11H10F3N3OS/c1-10(2,5-18)17-4-7(11(12,13)14)9(16-17)8-3-15-6-19-8/h3-6H,1-2H3. The maximum atomic E-state index is 13.0. The van der Waals surface area contributed by atoms with Gasteiger partial charge in [0.15, 0.2) is 0 Å². The van der Waals surface area contributed by atoms with Crippen molar-refractivity contribution in [1.29, 1.82) is 0 Å². The summed E-state index contributed by atoms with van der Waals surface area (Å²) in [5.41, 5.74) is -0.779. The predicted octanol–water partition coefficient (Wildman–Crippen LogP) is 2.96. The molecule has 2 aromatic heterocycles. The van der Waals surface area contributed by atoms with Crippen LogP contribution in [0, 0.1) is 0 Å². The van der Waals surface area contributed by atoms with Crippen LogP contribution in [0.5, 0.6) is 0 Å². The number of nitrogens with zero attached hydrogens (tertiary/aromatic N) is 3. The summed E-state index contributed by atoms with van der Waals surface area (Å²) in [6.07, 6.45) is -1.81. The summed E-state index contributed by atoms with van der Waals surface area (Å²) in [6, 6.07) is 0. The first-order valence-corrected chi connectivity index (χ1v) is 6.16. The number of thiazole rings is 1. The fourth-order valence-electron chi connectivity index (χ4n) is 1.45. The molecule has 0 aliphatic rings. The van der Waals surface area contributed by atoms with Gasteiger partial charge in [-0.1, -0.05) is 0 Å². The lowest BCUT2D eigenvalue weighted by molar-refractivity contribution is -0.137. The first kappa shape index (κ1) is 13.7. The fraction of sp³-hybridized carbons (Fsp3) is 0.364. The van der Waals surface area contributed by atoms with Crippen molar-refractivity contribution in [3.8, 4) is 10.6 Å². The van der Waals surface area contributed by atoms with Crippen molar-refractivity contribution in [1.82, 2.24) is 14.8 Å². The topological polar surface area (TPSA) is 47.8 Å². The van der Waals surface area contributed by atoms with Crippen LogP contribution in [-0.4, -0.2) is 21.1 Å². The van der Waals surface area contributed by atoms with Gasteiger partial charge in [0, 0.05) is 12.4 Å². The summed E-state index contributed by atoms with van der Waals surface area (Å²) in [4.78, 5) is 15.0. The summed E-state index contributed by atoms with van der Waals surface area (Å²) in [5.74, 6) is 0. The Kier molecular flexibility index (Phi) is 3.21. The van der Waals surface area contributed by atoms with Gasteiger partial charge in [0.05, 0.1) is 10.4 Å². The van der Waals surface area contributed by atoms with Crippen LogP contribution in [-0.2, 0) is 16.5 Å². The van der Waals surface area contributed by atoms with E-state index in [0.717, 1.165) is 22.2 Å². The van der Waals surface area contributed by atoms with Crippen molar-refractivity contribution < 1.29 is 18.0 Å². The van der Waals surface area contributed by atoms with Gasteiger partial charge in [0.2, 0.25) is 0 Å². The van der Waals surface area contributed by atoms with Crippen LogP contribution in [0.1, 0.15) is 19.4 Å².